The molecule has 1 aromatic heterocycles. The van der Waals surface area contributed by atoms with Crippen molar-refractivity contribution in [3.05, 3.63) is 18.0 Å². The summed E-state index contributed by atoms with van der Waals surface area (Å²) >= 11 is 0. The third kappa shape index (κ3) is 2.28. The van der Waals surface area contributed by atoms with Crippen molar-refractivity contribution < 1.29 is 4.79 Å². The number of Topliss-reactive ketones (excluding diaryl/α,β-unsaturated/α-hetero) is 1. The molecular weight excluding hydrogens is 188 g/mol. The van der Waals surface area contributed by atoms with E-state index in [2.05, 4.69) is 12.0 Å². The number of hydrogen-bond donors (Lipinski definition) is 0. The van der Waals surface area contributed by atoms with Gasteiger partial charge in [-0.05, 0) is 24.8 Å². The van der Waals surface area contributed by atoms with Gasteiger partial charge in [-0.1, -0.05) is 19.8 Å². The number of aryl methyl sites for hydroxylation is 1. The van der Waals surface area contributed by atoms with E-state index >= 15 is 0 Å². The Kier molecular flexibility index (Phi) is 2.89. The second-order valence-corrected chi connectivity index (χ2v) is 4.71. The van der Waals surface area contributed by atoms with Crippen LogP contribution in [0.3, 0.4) is 0 Å². The van der Waals surface area contributed by atoms with E-state index < -0.39 is 0 Å². The highest BCUT2D eigenvalue weighted by Gasteiger charge is 2.26. The van der Waals surface area contributed by atoms with Crippen LogP contribution in [0, 0.1) is 11.8 Å². The first-order valence-corrected chi connectivity index (χ1v) is 5.70. The first-order valence-electron chi connectivity index (χ1n) is 5.70. The molecule has 2 rings (SSSR count). The average molecular weight is 206 g/mol. The van der Waals surface area contributed by atoms with Gasteiger partial charge in [0, 0.05) is 19.2 Å². The van der Waals surface area contributed by atoms with Crippen LogP contribution in [-0.2, 0) is 7.05 Å². The zero-order chi connectivity index (χ0) is 10.8. The molecule has 1 aromatic rings. The van der Waals surface area contributed by atoms with E-state index in [4.69, 9.17) is 0 Å². The zero-order valence-electron chi connectivity index (χ0n) is 9.44. The van der Waals surface area contributed by atoms with Gasteiger partial charge in [0.15, 0.2) is 5.78 Å². The molecule has 3 nitrogen and oxygen atoms in total. The standard InChI is InChI=1S/C12H18N2O/c1-9-4-3-5-10(8-9)12(15)11-6-7-14(2)13-11/h6-7,9-10H,3-5,8H2,1-2H3. The van der Waals surface area contributed by atoms with Crippen LogP contribution >= 0.6 is 0 Å². The Morgan fingerprint density at radius 2 is 2.33 bits per heavy atom. The summed E-state index contributed by atoms with van der Waals surface area (Å²) in [5, 5.41) is 4.18. The van der Waals surface area contributed by atoms with E-state index in [-0.39, 0.29) is 11.7 Å². The van der Waals surface area contributed by atoms with Crippen molar-refractivity contribution in [1.29, 1.82) is 0 Å². The minimum absolute atomic E-state index is 0.212. The highest BCUT2D eigenvalue weighted by molar-refractivity contribution is 5.96. The van der Waals surface area contributed by atoms with Crippen LogP contribution in [-0.4, -0.2) is 15.6 Å². The fourth-order valence-corrected chi connectivity index (χ4v) is 2.43. The minimum atomic E-state index is 0.212. The first kappa shape index (κ1) is 10.4. The van der Waals surface area contributed by atoms with Crippen molar-refractivity contribution in [2.24, 2.45) is 18.9 Å². The fourth-order valence-electron chi connectivity index (χ4n) is 2.43. The van der Waals surface area contributed by atoms with Crippen molar-refractivity contribution in [2.75, 3.05) is 0 Å². The molecule has 0 N–H and O–H groups in total. The van der Waals surface area contributed by atoms with Crippen molar-refractivity contribution in [2.45, 2.75) is 32.6 Å². The van der Waals surface area contributed by atoms with E-state index in [9.17, 15) is 4.79 Å². The Balaban J connectivity index is 2.07. The third-order valence-corrected chi connectivity index (χ3v) is 3.27. The van der Waals surface area contributed by atoms with Gasteiger partial charge in [0.2, 0.25) is 0 Å². The molecule has 2 atom stereocenters. The van der Waals surface area contributed by atoms with Crippen LogP contribution in [0.15, 0.2) is 12.3 Å². The van der Waals surface area contributed by atoms with Crippen LogP contribution in [0.1, 0.15) is 43.1 Å². The quantitative estimate of drug-likeness (QED) is 0.696. The van der Waals surface area contributed by atoms with E-state index in [1.165, 1.54) is 12.8 Å². The van der Waals surface area contributed by atoms with Crippen LogP contribution in [0.5, 0.6) is 0 Å². The molecule has 0 radical (unpaired) electrons. The Bertz CT molecular complexity index is 356. The summed E-state index contributed by atoms with van der Waals surface area (Å²) in [6.07, 6.45) is 6.37. The first-order chi connectivity index (χ1) is 7.16. The number of hydrogen-bond acceptors (Lipinski definition) is 2. The van der Waals surface area contributed by atoms with Crippen LogP contribution in [0.25, 0.3) is 0 Å². The third-order valence-electron chi connectivity index (χ3n) is 3.27. The van der Waals surface area contributed by atoms with Gasteiger partial charge >= 0.3 is 0 Å². The molecule has 1 aliphatic carbocycles. The molecule has 0 spiro atoms. The summed E-state index contributed by atoms with van der Waals surface area (Å²) in [7, 11) is 1.85. The molecule has 0 aromatic carbocycles. The summed E-state index contributed by atoms with van der Waals surface area (Å²) < 4.78 is 1.69. The number of rotatable bonds is 2. The molecule has 1 saturated carbocycles. The smallest absolute Gasteiger partial charge is 0.186 e. The lowest BCUT2D eigenvalue weighted by atomic mass is 9.79. The Labute approximate surface area is 90.5 Å². The highest BCUT2D eigenvalue weighted by Crippen LogP contribution is 2.30. The van der Waals surface area contributed by atoms with E-state index in [1.54, 1.807) is 4.68 Å². The van der Waals surface area contributed by atoms with Gasteiger partial charge in [-0.2, -0.15) is 5.10 Å². The summed E-state index contributed by atoms with van der Waals surface area (Å²) in [5.41, 5.74) is 0.636. The second-order valence-electron chi connectivity index (χ2n) is 4.71. The summed E-state index contributed by atoms with van der Waals surface area (Å²) in [5.74, 6) is 1.14. The molecule has 15 heavy (non-hydrogen) atoms. The monoisotopic (exact) mass is 206 g/mol. The number of aromatic nitrogens is 2. The largest absolute Gasteiger partial charge is 0.292 e. The van der Waals surface area contributed by atoms with Crippen LogP contribution in [0.4, 0.5) is 0 Å². The maximum absolute atomic E-state index is 12.1. The minimum Gasteiger partial charge on any atom is -0.292 e. The van der Waals surface area contributed by atoms with Gasteiger partial charge in [0.25, 0.3) is 0 Å². The van der Waals surface area contributed by atoms with Gasteiger partial charge in [0.1, 0.15) is 5.69 Å². The topological polar surface area (TPSA) is 34.9 Å². The fraction of sp³-hybridized carbons (Fsp3) is 0.667. The Morgan fingerprint density at radius 1 is 1.53 bits per heavy atom. The molecule has 1 aliphatic rings. The number of carbonyl (C=O) groups is 1. The Morgan fingerprint density at radius 3 is 2.93 bits per heavy atom. The normalized spacial score (nSPS) is 26.5. The average Bonchev–Trinajstić information content (AvgIpc) is 2.64. The van der Waals surface area contributed by atoms with Crippen LogP contribution in [0.2, 0.25) is 0 Å². The number of ketones is 1. The summed E-state index contributed by atoms with van der Waals surface area (Å²) in [4.78, 5) is 12.1. The molecule has 1 heterocycles. The molecule has 0 saturated heterocycles. The summed E-state index contributed by atoms with van der Waals surface area (Å²) in [6.45, 7) is 2.23. The van der Waals surface area contributed by atoms with Gasteiger partial charge in [-0.3, -0.25) is 9.48 Å². The lowest BCUT2D eigenvalue weighted by Gasteiger charge is -2.24. The molecule has 0 aliphatic heterocycles. The predicted octanol–water partition coefficient (Wildman–Crippen LogP) is 2.43. The molecule has 82 valence electrons. The van der Waals surface area contributed by atoms with Gasteiger partial charge in [-0.25, -0.2) is 0 Å². The lowest BCUT2D eigenvalue weighted by molar-refractivity contribution is 0.0862. The molecular formula is C12H18N2O. The maximum atomic E-state index is 12.1. The van der Waals surface area contributed by atoms with Gasteiger partial charge in [0.05, 0.1) is 0 Å². The highest BCUT2D eigenvalue weighted by atomic mass is 16.1. The van der Waals surface area contributed by atoms with Gasteiger partial charge in [-0.15, -0.1) is 0 Å². The van der Waals surface area contributed by atoms with Crippen molar-refractivity contribution in [3.8, 4) is 0 Å². The van der Waals surface area contributed by atoms with Crippen molar-refractivity contribution in [3.63, 3.8) is 0 Å². The molecule has 3 heteroatoms. The number of carbonyl (C=O) groups excluding carboxylic acids is 1. The van der Waals surface area contributed by atoms with E-state index in [1.807, 2.05) is 19.3 Å². The molecule has 1 fully saturated rings. The molecule has 0 bridgehead atoms. The predicted molar refractivity (Wildman–Crippen MR) is 58.7 cm³/mol. The van der Waals surface area contributed by atoms with Gasteiger partial charge < -0.3 is 0 Å². The molecule has 2 unspecified atom stereocenters. The zero-order valence-corrected chi connectivity index (χ0v) is 9.44. The number of nitrogens with zero attached hydrogens (tertiary/aromatic N) is 2. The SMILES string of the molecule is CC1CCCC(C(=O)c2ccn(C)n2)C1. The second kappa shape index (κ2) is 4.17. The molecule has 0 amide bonds. The maximum Gasteiger partial charge on any atom is 0.186 e. The lowest BCUT2D eigenvalue weighted by Crippen LogP contribution is -2.22. The summed E-state index contributed by atoms with van der Waals surface area (Å²) in [6, 6.07) is 1.82. The Hall–Kier alpha value is -1.12. The van der Waals surface area contributed by atoms with Crippen molar-refractivity contribution >= 4 is 5.78 Å². The van der Waals surface area contributed by atoms with Crippen LogP contribution < -0.4 is 0 Å². The van der Waals surface area contributed by atoms with E-state index in [0.717, 1.165) is 12.8 Å². The van der Waals surface area contributed by atoms with Crippen molar-refractivity contribution in [1.82, 2.24) is 9.78 Å². The van der Waals surface area contributed by atoms with E-state index in [0.29, 0.717) is 11.6 Å².